The Morgan fingerprint density at radius 1 is 0.903 bits per heavy atom. The molecule has 0 bridgehead atoms. The maximum absolute atomic E-state index is 13.2. The van der Waals surface area contributed by atoms with Crippen LogP contribution >= 0.6 is 0 Å². The van der Waals surface area contributed by atoms with E-state index < -0.39 is 0 Å². The third-order valence-electron chi connectivity index (χ3n) is 5.88. The van der Waals surface area contributed by atoms with E-state index in [0.29, 0.717) is 12.1 Å². The fourth-order valence-electron chi connectivity index (χ4n) is 4.05. The molecule has 0 saturated carbocycles. The summed E-state index contributed by atoms with van der Waals surface area (Å²) in [5, 5.41) is 10.9. The summed E-state index contributed by atoms with van der Waals surface area (Å²) in [6.07, 6.45) is 0.950. The van der Waals surface area contributed by atoms with Gasteiger partial charge in [-0.1, -0.05) is 73.2 Å². The van der Waals surface area contributed by atoms with E-state index in [0.717, 1.165) is 34.4 Å². The van der Waals surface area contributed by atoms with Crippen LogP contribution in [-0.4, -0.2) is 23.0 Å². The molecule has 4 heteroatoms. The highest BCUT2D eigenvalue weighted by Crippen LogP contribution is 2.43. The molecule has 0 radical (unpaired) electrons. The first-order valence-electron chi connectivity index (χ1n) is 10.5. The van der Waals surface area contributed by atoms with E-state index in [1.54, 1.807) is 12.0 Å². The molecule has 158 valence electrons. The van der Waals surface area contributed by atoms with E-state index in [1.807, 2.05) is 55.5 Å². The van der Waals surface area contributed by atoms with Crippen LogP contribution in [-0.2, 0) is 17.8 Å². The monoisotopic (exact) mass is 413 g/mol. The van der Waals surface area contributed by atoms with Crippen molar-refractivity contribution < 1.29 is 14.6 Å². The van der Waals surface area contributed by atoms with Crippen molar-refractivity contribution in [1.29, 1.82) is 0 Å². The molecule has 1 N–H and O–H groups in total. The summed E-state index contributed by atoms with van der Waals surface area (Å²) >= 11 is 0. The molecule has 1 atom stereocenters. The Morgan fingerprint density at radius 2 is 1.52 bits per heavy atom. The number of hydrogen-bond donors (Lipinski definition) is 1. The van der Waals surface area contributed by atoms with Gasteiger partial charge in [-0.3, -0.25) is 4.79 Å². The van der Waals surface area contributed by atoms with Gasteiger partial charge in [0, 0.05) is 12.1 Å². The number of nitrogens with zero attached hydrogens (tertiary/aromatic N) is 1. The van der Waals surface area contributed by atoms with Gasteiger partial charge in [-0.15, -0.1) is 0 Å². The topological polar surface area (TPSA) is 49.8 Å². The van der Waals surface area contributed by atoms with E-state index >= 15 is 0 Å². The van der Waals surface area contributed by atoms with Gasteiger partial charge in [0.2, 0.25) is 0 Å². The van der Waals surface area contributed by atoms with Gasteiger partial charge in [0.15, 0.2) is 5.76 Å². The molecule has 1 unspecified atom stereocenters. The van der Waals surface area contributed by atoms with E-state index in [2.05, 4.69) is 31.2 Å². The van der Waals surface area contributed by atoms with Gasteiger partial charge in [0.1, 0.15) is 5.75 Å². The standard InChI is InChI=1S/C27H27NO3/c1-4-19-7-13-22(14-8-19)25-24(21-11-5-18(2)6-12-21)26(29)27(30)28(25)17-20-9-15-23(31-3)16-10-20/h5-16,25,29H,4,17H2,1-3H3. The zero-order valence-corrected chi connectivity index (χ0v) is 18.1. The summed E-state index contributed by atoms with van der Waals surface area (Å²) in [7, 11) is 1.63. The fourth-order valence-corrected chi connectivity index (χ4v) is 4.05. The minimum atomic E-state index is -0.358. The van der Waals surface area contributed by atoms with Gasteiger partial charge in [-0.05, 0) is 47.7 Å². The molecule has 1 heterocycles. The summed E-state index contributed by atoms with van der Waals surface area (Å²) < 4.78 is 5.25. The van der Waals surface area contributed by atoms with Gasteiger partial charge in [-0.2, -0.15) is 0 Å². The Labute approximate surface area is 183 Å². The van der Waals surface area contributed by atoms with Crippen LogP contribution in [0.5, 0.6) is 5.75 Å². The van der Waals surface area contributed by atoms with Crippen molar-refractivity contribution >= 4 is 11.5 Å². The number of methoxy groups -OCH3 is 1. The average molecular weight is 414 g/mol. The second-order valence-corrected chi connectivity index (χ2v) is 7.91. The van der Waals surface area contributed by atoms with Crippen LogP contribution in [0, 0.1) is 6.92 Å². The molecule has 0 saturated heterocycles. The van der Waals surface area contributed by atoms with Crippen LogP contribution < -0.4 is 4.74 Å². The van der Waals surface area contributed by atoms with Crippen molar-refractivity contribution in [2.45, 2.75) is 32.9 Å². The molecule has 1 aliphatic heterocycles. The SMILES string of the molecule is CCc1ccc(C2C(c3ccc(C)cc3)=C(O)C(=O)N2Cc2ccc(OC)cc2)cc1. The quantitative estimate of drug-likeness (QED) is 0.571. The number of rotatable bonds is 6. The minimum Gasteiger partial charge on any atom is -0.503 e. The molecule has 1 amide bonds. The highest BCUT2D eigenvalue weighted by Gasteiger charge is 2.40. The lowest BCUT2D eigenvalue weighted by molar-refractivity contribution is -0.130. The zero-order valence-electron chi connectivity index (χ0n) is 18.1. The molecule has 0 aliphatic carbocycles. The van der Waals surface area contributed by atoms with Crippen molar-refractivity contribution in [3.05, 3.63) is 106 Å². The highest BCUT2D eigenvalue weighted by molar-refractivity contribution is 6.05. The van der Waals surface area contributed by atoms with Gasteiger partial charge < -0.3 is 14.7 Å². The molecule has 3 aromatic rings. The molecule has 0 spiro atoms. The predicted molar refractivity (Wildman–Crippen MR) is 123 cm³/mol. The number of amides is 1. The molecule has 3 aromatic carbocycles. The van der Waals surface area contributed by atoms with Crippen molar-refractivity contribution in [1.82, 2.24) is 4.90 Å². The van der Waals surface area contributed by atoms with Crippen molar-refractivity contribution in [2.75, 3.05) is 7.11 Å². The first-order valence-corrected chi connectivity index (χ1v) is 10.5. The maximum atomic E-state index is 13.2. The molecule has 0 fully saturated rings. The largest absolute Gasteiger partial charge is 0.503 e. The first-order chi connectivity index (χ1) is 15.0. The summed E-state index contributed by atoms with van der Waals surface area (Å²) in [6.45, 7) is 4.53. The van der Waals surface area contributed by atoms with Gasteiger partial charge >= 0.3 is 0 Å². The van der Waals surface area contributed by atoms with Crippen LogP contribution in [0.1, 0.15) is 40.8 Å². The van der Waals surface area contributed by atoms with Crippen molar-refractivity contribution in [2.24, 2.45) is 0 Å². The highest BCUT2D eigenvalue weighted by atomic mass is 16.5. The Balaban J connectivity index is 1.77. The van der Waals surface area contributed by atoms with Gasteiger partial charge in [0.25, 0.3) is 5.91 Å². The Hall–Kier alpha value is -3.53. The molecule has 4 nitrogen and oxygen atoms in total. The van der Waals surface area contributed by atoms with Gasteiger partial charge in [-0.25, -0.2) is 0 Å². The number of carbonyl (C=O) groups is 1. The number of aryl methyl sites for hydroxylation is 2. The van der Waals surface area contributed by atoms with Crippen molar-refractivity contribution in [3.8, 4) is 5.75 Å². The van der Waals surface area contributed by atoms with Crippen LogP contribution in [0.25, 0.3) is 5.57 Å². The minimum absolute atomic E-state index is 0.179. The molecular weight excluding hydrogens is 386 g/mol. The molecular formula is C27H27NO3. The Bertz CT molecular complexity index is 1100. The summed E-state index contributed by atoms with van der Waals surface area (Å²) in [4.78, 5) is 14.9. The third kappa shape index (κ3) is 4.06. The summed E-state index contributed by atoms with van der Waals surface area (Å²) in [5.74, 6) is 0.238. The predicted octanol–water partition coefficient (Wildman–Crippen LogP) is 5.62. The Kier molecular flexibility index (Phi) is 5.81. The number of carbonyl (C=O) groups excluding carboxylic acids is 1. The molecule has 4 rings (SSSR count). The molecule has 0 aromatic heterocycles. The summed E-state index contributed by atoms with van der Waals surface area (Å²) in [5.41, 5.74) is 5.84. The number of benzene rings is 3. The van der Waals surface area contributed by atoms with Crippen LogP contribution in [0.3, 0.4) is 0 Å². The van der Waals surface area contributed by atoms with E-state index in [9.17, 15) is 9.90 Å². The average Bonchev–Trinajstić information content (AvgIpc) is 3.05. The second-order valence-electron chi connectivity index (χ2n) is 7.91. The fraction of sp³-hybridized carbons (Fsp3) is 0.222. The van der Waals surface area contributed by atoms with E-state index in [1.165, 1.54) is 5.56 Å². The van der Waals surface area contributed by atoms with Crippen LogP contribution in [0.2, 0.25) is 0 Å². The maximum Gasteiger partial charge on any atom is 0.290 e. The second kappa shape index (κ2) is 8.68. The smallest absolute Gasteiger partial charge is 0.290 e. The first kappa shape index (κ1) is 20.7. The van der Waals surface area contributed by atoms with Gasteiger partial charge in [0.05, 0.1) is 13.2 Å². The lowest BCUT2D eigenvalue weighted by atomic mass is 9.92. The van der Waals surface area contributed by atoms with Crippen molar-refractivity contribution in [3.63, 3.8) is 0 Å². The number of hydrogen-bond acceptors (Lipinski definition) is 3. The zero-order chi connectivity index (χ0) is 22.0. The summed E-state index contributed by atoms with van der Waals surface area (Å²) in [6, 6.07) is 23.6. The van der Waals surface area contributed by atoms with Crippen LogP contribution in [0.4, 0.5) is 0 Å². The van der Waals surface area contributed by atoms with E-state index in [-0.39, 0.29) is 17.7 Å². The molecule has 1 aliphatic rings. The van der Waals surface area contributed by atoms with E-state index in [4.69, 9.17) is 4.74 Å². The number of ether oxygens (including phenoxy) is 1. The number of aliphatic hydroxyl groups excluding tert-OH is 1. The third-order valence-corrected chi connectivity index (χ3v) is 5.88. The lowest BCUT2D eigenvalue weighted by Crippen LogP contribution is -2.29. The lowest BCUT2D eigenvalue weighted by Gasteiger charge is -2.28. The number of aliphatic hydroxyl groups is 1. The van der Waals surface area contributed by atoms with Crippen LogP contribution in [0.15, 0.2) is 78.6 Å². The normalized spacial score (nSPS) is 16.2. The molecule has 31 heavy (non-hydrogen) atoms. The Morgan fingerprint density at radius 3 is 2.10 bits per heavy atom.